The fraction of sp³-hybridized carbons (Fsp3) is 0.136. The standard InChI is InChI=1S/C22H18Cl2N4O3S/c1-11-8-15(31-3)17(24)19(16(11)23)28-22(29)14-9-32-20-18(14)25-10-26-21(20)27-12-4-6-13(30-2)7-5-12/h4-10H,1-3H3,(H,28,29)(H,25,26,27). The van der Waals surface area contributed by atoms with Gasteiger partial charge in [0.1, 0.15) is 22.8 Å². The number of halogens is 2. The summed E-state index contributed by atoms with van der Waals surface area (Å²) < 4.78 is 11.2. The van der Waals surface area contributed by atoms with E-state index in [2.05, 4.69) is 20.6 Å². The van der Waals surface area contributed by atoms with E-state index in [1.54, 1.807) is 25.5 Å². The number of aromatic nitrogens is 2. The molecule has 0 aliphatic heterocycles. The molecule has 4 aromatic rings. The van der Waals surface area contributed by atoms with E-state index in [1.807, 2.05) is 24.3 Å². The first-order valence-electron chi connectivity index (χ1n) is 9.40. The maximum absolute atomic E-state index is 13.1. The Labute approximate surface area is 198 Å². The van der Waals surface area contributed by atoms with Crippen molar-refractivity contribution in [2.75, 3.05) is 24.9 Å². The van der Waals surface area contributed by atoms with E-state index in [1.165, 1.54) is 24.8 Å². The number of thiophene rings is 1. The van der Waals surface area contributed by atoms with Crippen molar-refractivity contribution >= 4 is 67.9 Å². The predicted octanol–water partition coefficient (Wildman–Crippen LogP) is 6.32. The van der Waals surface area contributed by atoms with E-state index in [-0.39, 0.29) is 10.9 Å². The highest BCUT2D eigenvalue weighted by atomic mass is 35.5. The highest BCUT2D eigenvalue weighted by molar-refractivity contribution is 7.18. The molecule has 0 saturated carbocycles. The number of carbonyl (C=O) groups is 1. The lowest BCUT2D eigenvalue weighted by Gasteiger charge is -2.14. The van der Waals surface area contributed by atoms with Gasteiger partial charge in [-0.2, -0.15) is 0 Å². The van der Waals surface area contributed by atoms with E-state index >= 15 is 0 Å². The molecule has 164 valence electrons. The second-order valence-corrected chi connectivity index (χ2v) is 8.39. The largest absolute Gasteiger partial charge is 0.497 e. The number of methoxy groups -OCH3 is 2. The van der Waals surface area contributed by atoms with Gasteiger partial charge < -0.3 is 20.1 Å². The molecule has 7 nitrogen and oxygen atoms in total. The van der Waals surface area contributed by atoms with Crippen LogP contribution in [0.25, 0.3) is 10.2 Å². The van der Waals surface area contributed by atoms with Crippen molar-refractivity contribution in [3.05, 3.63) is 63.2 Å². The van der Waals surface area contributed by atoms with Gasteiger partial charge in [-0.25, -0.2) is 9.97 Å². The minimum Gasteiger partial charge on any atom is -0.497 e. The highest BCUT2D eigenvalue weighted by Gasteiger charge is 2.21. The molecule has 0 fully saturated rings. The minimum absolute atomic E-state index is 0.229. The smallest absolute Gasteiger partial charge is 0.258 e. The number of hydrogen-bond acceptors (Lipinski definition) is 7. The van der Waals surface area contributed by atoms with Gasteiger partial charge in [-0.15, -0.1) is 11.3 Å². The molecule has 0 unspecified atom stereocenters. The second-order valence-electron chi connectivity index (χ2n) is 6.76. The summed E-state index contributed by atoms with van der Waals surface area (Å²) in [5.74, 6) is 1.38. The van der Waals surface area contributed by atoms with Gasteiger partial charge in [0, 0.05) is 11.1 Å². The van der Waals surface area contributed by atoms with Crippen molar-refractivity contribution in [1.82, 2.24) is 9.97 Å². The molecule has 2 heterocycles. The van der Waals surface area contributed by atoms with Gasteiger partial charge in [0.25, 0.3) is 5.91 Å². The third-order valence-corrected chi connectivity index (χ3v) is 6.60. The summed E-state index contributed by atoms with van der Waals surface area (Å²) in [5, 5.41) is 8.36. The second kappa shape index (κ2) is 9.20. The van der Waals surface area contributed by atoms with Crippen LogP contribution in [0, 0.1) is 6.92 Å². The Kier molecular flexibility index (Phi) is 6.36. The molecular formula is C22H18Cl2N4O3S. The summed E-state index contributed by atoms with van der Waals surface area (Å²) in [6.07, 6.45) is 1.41. The maximum Gasteiger partial charge on any atom is 0.258 e. The normalized spacial score (nSPS) is 10.8. The van der Waals surface area contributed by atoms with Gasteiger partial charge in [0.05, 0.1) is 40.7 Å². The first-order valence-corrected chi connectivity index (χ1v) is 11.0. The predicted molar refractivity (Wildman–Crippen MR) is 129 cm³/mol. The van der Waals surface area contributed by atoms with E-state index < -0.39 is 0 Å². The van der Waals surface area contributed by atoms with Crippen molar-refractivity contribution in [1.29, 1.82) is 0 Å². The minimum atomic E-state index is -0.387. The molecule has 0 spiro atoms. The van der Waals surface area contributed by atoms with E-state index in [9.17, 15) is 4.79 Å². The molecule has 0 atom stereocenters. The number of aryl methyl sites for hydroxylation is 1. The van der Waals surface area contributed by atoms with Crippen molar-refractivity contribution in [3.8, 4) is 11.5 Å². The number of amides is 1. The molecule has 10 heteroatoms. The van der Waals surface area contributed by atoms with E-state index in [0.29, 0.717) is 33.4 Å². The molecule has 32 heavy (non-hydrogen) atoms. The molecule has 2 aromatic heterocycles. The van der Waals surface area contributed by atoms with Gasteiger partial charge in [-0.05, 0) is 42.8 Å². The first-order chi connectivity index (χ1) is 15.4. The number of nitrogens with zero attached hydrogens (tertiary/aromatic N) is 2. The molecule has 0 bridgehead atoms. The maximum atomic E-state index is 13.1. The van der Waals surface area contributed by atoms with Crippen LogP contribution >= 0.6 is 34.5 Å². The lowest BCUT2D eigenvalue weighted by Crippen LogP contribution is -2.13. The summed E-state index contributed by atoms with van der Waals surface area (Å²) in [6.45, 7) is 1.81. The molecule has 0 aliphatic rings. The lowest BCUT2D eigenvalue weighted by molar-refractivity contribution is 0.102. The third kappa shape index (κ3) is 4.17. The Morgan fingerprint density at radius 3 is 2.50 bits per heavy atom. The number of carbonyl (C=O) groups excluding carboxylic acids is 1. The molecular weight excluding hydrogens is 471 g/mol. The molecule has 0 radical (unpaired) electrons. The summed E-state index contributed by atoms with van der Waals surface area (Å²) in [5.41, 5.74) is 2.76. The Hall–Kier alpha value is -3.07. The van der Waals surface area contributed by atoms with Crippen LogP contribution in [0.3, 0.4) is 0 Å². The zero-order valence-corrected chi connectivity index (χ0v) is 19.7. The molecule has 0 aliphatic carbocycles. The molecule has 0 saturated heterocycles. The van der Waals surface area contributed by atoms with Crippen LogP contribution < -0.4 is 20.1 Å². The zero-order chi connectivity index (χ0) is 22.8. The summed E-state index contributed by atoms with van der Waals surface area (Å²) in [7, 11) is 3.11. The molecule has 1 amide bonds. The van der Waals surface area contributed by atoms with E-state index in [0.717, 1.165) is 21.7 Å². The highest BCUT2D eigenvalue weighted by Crippen LogP contribution is 2.41. The number of fused-ring (bicyclic) bond motifs is 1. The zero-order valence-electron chi connectivity index (χ0n) is 17.3. The molecule has 2 aromatic carbocycles. The number of anilines is 3. The Morgan fingerprint density at radius 2 is 1.81 bits per heavy atom. The van der Waals surface area contributed by atoms with Crippen LogP contribution in [-0.4, -0.2) is 30.1 Å². The summed E-state index contributed by atoms with van der Waals surface area (Å²) in [6, 6.07) is 9.16. The number of rotatable bonds is 6. The summed E-state index contributed by atoms with van der Waals surface area (Å²) >= 11 is 14.1. The van der Waals surface area contributed by atoms with Crippen LogP contribution in [0.2, 0.25) is 10.0 Å². The lowest BCUT2D eigenvalue weighted by atomic mass is 10.2. The number of benzene rings is 2. The van der Waals surface area contributed by atoms with Gasteiger partial charge in [-0.3, -0.25) is 4.79 Å². The van der Waals surface area contributed by atoms with Crippen LogP contribution in [0.15, 0.2) is 42.0 Å². The topological polar surface area (TPSA) is 85.4 Å². The summed E-state index contributed by atoms with van der Waals surface area (Å²) in [4.78, 5) is 21.7. The van der Waals surface area contributed by atoms with Gasteiger partial charge in [-0.1, -0.05) is 23.2 Å². The SMILES string of the molecule is COc1ccc(Nc2ncnc3c(C(=O)Nc4c(Cl)c(C)cc(OC)c4Cl)csc23)cc1. The Bertz CT molecular complexity index is 1310. The van der Waals surface area contributed by atoms with Crippen LogP contribution in [0.4, 0.5) is 17.2 Å². The van der Waals surface area contributed by atoms with Gasteiger partial charge in [0.15, 0.2) is 5.82 Å². The quantitative estimate of drug-likeness (QED) is 0.330. The fourth-order valence-corrected chi connectivity index (χ4v) is 4.55. The first kappa shape index (κ1) is 22.1. The van der Waals surface area contributed by atoms with Crippen LogP contribution in [0.5, 0.6) is 11.5 Å². The van der Waals surface area contributed by atoms with Crippen molar-refractivity contribution in [3.63, 3.8) is 0 Å². The van der Waals surface area contributed by atoms with Gasteiger partial charge >= 0.3 is 0 Å². The molecule has 4 rings (SSSR count). The number of hydrogen-bond donors (Lipinski definition) is 2. The average Bonchev–Trinajstić information content (AvgIpc) is 3.25. The van der Waals surface area contributed by atoms with Crippen LogP contribution in [0.1, 0.15) is 15.9 Å². The van der Waals surface area contributed by atoms with Crippen molar-refractivity contribution < 1.29 is 14.3 Å². The fourth-order valence-electron chi connectivity index (χ4n) is 3.09. The Balaban J connectivity index is 1.65. The van der Waals surface area contributed by atoms with E-state index in [4.69, 9.17) is 32.7 Å². The van der Waals surface area contributed by atoms with Gasteiger partial charge in [0.2, 0.25) is 0 Å². The van der Waals surface area contributed by atoms with Crippen molar-refractivity contribution in [2.45, 2.75) is 6.92 Å². The molecule has 2 N–H and O–H groups in total. The third-order valence-electron chi connectivity index (χ3n) is 4.76. The van der Waals surface area contributed by atoms with Crippen molar-refractivity contribution in [2.24, 2.45) is 0 Å². The average molecular weight is 489 g/mol. The van der Waals surface area contributed by atoms with Crippen LogP contribution in [-0.2, 0) is 0 Å². The number of nitrogens with one attached hydrogen (secondary N) is 2. The monoisotopic (exact) mass is 488 g/mol. The Morgan fingerprint density at radius 1 is 1.06 bits per heavy atom. The number of ether oxygens (including phenoxy) is 2.